The van der Waals surface area contributed by atoms with Crippen molar-refractivity contribution in [1.82, 2.24) is 0 Å². The molecule has 2 aromatic rings. The summed E-state index contributed by atoms with van der Waals surface area (Å²) < 4.78 is 0.945. The van der Waals surface area contributed by atoms with E-state index in [1.807, 2.05) is 48.5 Å². The summed E-state index contributed by atoms with van der Waals surface area (Å²) in [6.07, 6.45) is 1.12. The number of hydrogen-bond donors (Lipinski definition) is 1. The van der Waals surface area contributed by atoms with Gasteiger partial charge < -0.3 is 5.32 Å². The van der Waals surface area contributed by atoms with E-state index in [1.54, 1.807) is 0 Å². The molecule has 19 heavy (non-hydrogen) atoms. The number of hydrogen-bond acceptors (Lipinski definition) is 1. The zero-order valence-corrected chi connectivity index (χ0v) is 12.5. The van der Waals surface area contributed by atoms with Gasteiger partial charge in [-0.1, -0.05) is 45.7 Å². The molecule has 1 amide bonds. The number of carbonyl (C=O) groups excluding carboxylic acids is 1. The van der Waals surface area contributed by atoms with Crippen molar-refractivity contribution in [3.63, 3.8) is 0 Å². The Morgan fingerprint density at radius 1 is 1.16 bits per heavy atom. The van der Waals surface area contributed by atoms with Gasteiger partial charge in [0.05, 0.1) is 0 Å². The minimum atomic E-state index is -0.00178. The Bertz CT molecular complexity index is 586. The highest BCUT2D eigenvalue weighted by Gasteiger charge is 2.04. The van der Waals surface area contributed by atoms with Crippen LogP contribution in [0, 0.1) is 0 Å². The van der Waals surface area contributed by atoms with E-state index >= 15 is 0 Å². The number of nitrogens with one attached hydrogen (secondary N) is 1. The first-order chi connectivity index (χ1) is 9.13. The first-order valence-corrected chi connectivity index (χ1v) is 7.10. The van der Waals surface area contributed by atoms with Crippen LogP contribution in [0.2, 0.25) is 5.02 Å². The second-order valence-corrected chi connectivity index (χ2v) is 5.54. The van der Waals surface area contributed by atoms with E-state index in [2.05, 4.69) is 21.2 Å². The average Bonchev–Trinajstić information content (AvgIpc) is 2.36. The van der Waals surface area contributed by atoms with Crippen LogP contribution in [-0.4, -0.2) is 5.91 Å². The van der Waals surface area contributed by atoms with Crippen molar-refractivity contribution < 1.29 is 4.79 Å². The van der Waals surface area contributed by atoms with E-state index in [9.17, 15) is 4.79 Å². The van der Waals surface area contributed by atoms with Crippen molar-refractivity contribution in [2.75, 3.05) is 5.32 Å². The minimum Gasteiger partial charge on any atom is -0.326 e. The monoisotopic (exact) mass is 337 g/mol. The second kappa shape index (κ2) is 6.73. The standard InChI is InChI=1S/C15H13BrClNO/c16-12-4-2-6-14(10-12)18-15(19)8-7-11-3-1-5-13(17)9-11/h1-6,9-10H,7-8H2,(H,18,19). The fourth-order valence-corrected chi connectivity index (χ4v) is 2.35. The van der Waals surface area contributed by atoms with Gasteiger partial charge in [-0.25, -0.2) is 0 Å². The maximum absolute atomic E-state index is 11.8. The molecule has 0 radical (unpaired) electrons. The third-order valence-electron chi connectivity index (χ3n) is 2.64. The summed E-state index contributed by atoms with van der Waals surface area (Å²) >= 11 is 9.27. The van der Waals surface area contributed by atoms with Crippen LogP contribution in [0.4, 0.5) is 5.69 Å². The van der Waals surface area contributed by atoms with E-state index in [0.29, 0.717) is 17.9 Å². The van der Waals surface area contributed by atoms with Gasteiger partial charge in [0, 0.05) is 21.6 Å². The first-order valence-electron chi connectivity index (χ1n) is 5.93. The Kier molecular flexibility index (Phi) is 5.00. The van der Waals surface area contributed by atoms with Crippen molar-refractivity contribution >= 4 is 39.1 Å². The molecule has 2 rings (SSSR count). The molecule has 0 atom stereocenters. The van der Waals surface area contributed by atoms with Gasteiger partial charge in [-0.05, 0) is 42.3 Å². The lowest BCUT2D eigenvalue weighted by molar-refractivity contribution is -0.116. The summed E-state index contributed by atoms with van der Waals surface area (Å²) in [5.74, 6) is -0.00178. The zero-order valence-electron chi connectivity index (χ0n) is 10.2. The Hall–Kier alpha value is -1.32. The van der Waals surface area contributed by atoms with Crippen LogP contribution in [0.1, 0.15) is 12.0 Å². The van der Waals surface area contributed by atoms with Crippen molar-refractivity contribution in [3.05, 3.63) is 63.6 Å². The first kappa shape index (κ1) is 14.1. The molecular weight excluding hydrogens is 326 g/mol. The SMILES string of the molecule is O=C(CCc1cccc(Cl)c1)Nc1cccc(Br)c1. The quantitative estimate of drug-likeness (QED) is 0.862. The van der Waals surface area contributed by atoms with Crippen molar-refractivity contribution in [1.29, 1.82) is 0 Å². The molecule has 0 saturated heterocycles. The number of rotatable bonds is 4. The van der Waals surface area contributed by atoms with Crippen molar-refractivity contribution in [2.45, 2.75) is 12.8 Å². The molecule has 0 unspecified atom stereocenters. The number of anilines is 1. The Morgan fingerprint density at radius 2 is 1.95 bits per heavy atom. The van der Waals surface area contributed by atoms with Gasteiger partial charge in [-0.2, -0.15) is 0 Å². The number of aryl methyl sites for hydroxylation is 1. The molecule has 2 aromatic carbocycles. The van der Waals surface area contributed by atoms with Gasteiger partial charge in [0.2, 0.25) is 5.91 Å². The smallest absolute Gasteiger partial charge is 0.224 e. The van der Waals surface area contributed by atoms with Crippen molar-refractivity contribution in [3.8, 4) is 0 Å². The fraction of sp³-hybridized carbons (Fsp3) is 0.133. The highest BCUT2D eigenvalue weighted by Crippen LogP contribution is 2.16. The molecule has 0 aromatic heterocycles. The van der Waals surface area contributed by atoms with Gasteiger partial charge in [0.25, 0.3) is 0 Å². The number of halogens is 2. The molecule has 0 aliphatic heterocycles. The second-order valence-electron chi connectivity index (χ2n) is 4.19. The summed E-state index contributed by atoms with van der Waals surface area (Å²) in [4.78, 5) is 11.8. The van der Waals surface area contributed by atoms with Crippen LogP contribution < -0.4 is 5.32 Å². The fourth-order valence-electron chi connectivity index (χ4n) is 1.74. The predicted octanol–water partition coefficient (Wildman–Crippen LogP) is 4.67. The Labute approximate surface area is 125 Å². The molecule has 1 N–H and O–H groups in total. The van der Waals surface area contributed by atoms with Crippen LogP contribution in [0.15, 0.2) is 53.0 Å². The highest BCUT2D eigenvalue weighted by atomic mass is 79.9. The van der Waals surface area contributed by atoms with E-state index in [-0.39, 0.29) is 5.91 Å². The predicted molar refractivity (Wildman–Crippen MR) is 82.5 cm³/mol. The van der Waals surface area contributed by atoms with E-state index in [4.69, 9.17) is 11.6 Å². The van der Waals surface area contributed by atoms with Gasteiger partial charge in [-0.15, -0.1) is 0 Å². The highest BCUT2D eigenvalue weighted by molar-refractivity contribution is 9.10. The van der Waals surface area contributed by atoms with E-state index in [1.165, 1.54) is 0 Å². The maximum Gasteiger partial charge on any atom is 0.224 e. The molecule has 0 saturated carbocycles. The largest absolute Gasteiger partial charge is 0.326 e. The van der Waals surface area contributed by atoms with Crippen LogP contribution in [0.5, 0.6) is 0 Å². The van der Waals surface area contributed by atoms with Gasteiger partial charge in [-0.3, -0.25) is 4.79 Å². The Balaban J connectivity index is 1.88. The number of amides is 1. The van der Waals surface area contributed by atoms with Gasteiger partial charge in [0.1, 0.15) is 0 Å². The molecule has 98 valence electrons. The molecule has 0 aliphatic rings. The normalized spacial score (nSPS) is 10.2. The molecule has 0 aliphatic carbocycles. The molecule has 2 nitrogen and oxygen atoms in total. The molecule has 0 fully saturated rings. The maximum atomic E-state index is 11.8. The summed E-state index contributed by atoms with van der Waals surface area (Å²) in [6, 6.07) is 15.1. The van der Waals surface area contributed by atoms with Crippen molar-refractivity contribution in [2.24, 2.45) is 0 Å². The third kappa shape index (κ3) is 4.69. The zero-order chi connectivity index (χ0) is 13.7. The lowest BCUT2D eigenvalue weighted by Gasteiger charge is -2.06. The molecule has 4 heteroatoms. The molecule has 0 bridgehead atoms. The Morgan fingerprint density at radius 3 is 2.68 bits per heavy atom. The van der Waals surface area contributed by atoms with Crippen LogP contribution in [-0.2, 0) is 11.2 Å². The summed E-state index contributed by atoms with van der Waals surface area (Å²) in [7, 11) is 0. The molecular formula is C15H13BrClNO. The van der Waals surface area contributed by atoms with Gasteiger partial charge in [0.15, 0.2) is 0 Å². The molecule has 0 spiro atoms. The summed E-state index contributed by atoms with van der Waals surface area (Å²) in [5.41, 5.74) is 1.86. The van der Waals surface area contributed by atoms with Crippen LogP contribution >= 0.6 is 27.5 Å². The van der Waals surface area contributed by atoms with Crippen LogP contribution in [0.3, 0.4) is 0 Å². The molecule has 0 heterocycles. The van der Waals surface area contributed by atoms with Gasteiger partial charge >= 0.3 is 0 Å². The summed E-state index contributed by atoms with van der Waals surface area (Å²) in [5, 5.41) is 3.56. The summed E-state index contributed by atoms with van der Waals surface area (Å²) in [6.45, 7) is 0. The topological polar surface area (TPSA) is 29.1 Å². The minimum absolute atomic E-state index is 0.00178. The average molecular weight is 339 g/mol. The van der Waals surface area contributed by atoms with E-state index < -0.39 is 0 Å². The number of benzene rings is 2. The lowest BCUT2D eigenvalue weighted by atomic mass is 10.1. The lowest BCUT2D eigenvalue weighted by Crippen LogP contribution is -2.12. The van der Waals surface area contributed by atoms with Crippen LogP contribution in [0.25, 0.3) is 0 Å². The van der Waals surface area contributed by atoms with E-state index in [0.717, 1.165) is 15.7 Å². The third-order valence-corrected chi connectivity index (χ3v) is 3.37. The number of carbonyl (C=O) groups is 1.